The van der Waals surface area contributed by atoms with Crippen LogP contribution in [0.2, 0.25) is 0 Å². The predicted molar refractivity (Wildman–Crippen MR) is 114 cm³/mol. The van der Waals surface area contributed by atoms with E-state index in [2.05, 4.69) is 30.9 Å². The maximum Gasteiger partial charge on any atom is 0.157 e. The van der Waals surface area contributed by atoms with Gasteiger partial charge >= 0.3 is 0 Å². The van der Waals surface area contributed by atoms with E-state index in [4.69, 9.17) is 9.47 Å². The van der Waals surface area contributed by atoms with Gasteiger partial charge in [-0.15, -0.1) is 0 Å². The summed E-state index contributed by atoms with van der Waals surface area (Å²) in [7, 11) is 0. The summed E-state index contributed by atoms with van der Waals surface area (Å²) in [6.45, 7) is 4.50. The van der Waals surface area contributed by atoms with Crippen LogP contribution in [0, 0.1) is 0 Å². The van der Waals surface area contributed by atoms with E-state index in [9.17, 15) is 0 Å². The van der Waals surface area contributed by atoms with E-state index in [1.54, 1.807) is 6.20 Å². The molecule has 6 heteroatoms. The van der Waals surface area contributed by atoms with E-state index in [1.165, 1.54) is 0 Å². The topological polar surface area (TPSA) is 60.0 Å². The van der Waals surface area contributed by atoms with E-state index >= 15 is 0 Å². The number of nitrogens with one attached hydrogen (secondary N) is 1. The largest absolute Gasteiger partial charge is 0.490 e. The number of imidazole rings is 1. The molecule has 0 saturated heterocycles. The van der Waals surface area contributed by atoms with Gasteiger partial charge in [0, 0.05) is 10.7 Å². The Kier molecular flexibility index (Phi) is 5.30. The number of aromatic nitrogens is 3. The first-order chi connectivity index (χ1) is 13.6. The van der Waals surface area contributed by atoms with E-state index in [-0.39, 0.29) is 6.10 Å². The molecule has 0 fully saturated rings. The Morgan fingerprint density at radius 2 is 1.89 bits per heavy atom. The average molecular weight is 438 g/mol. The molecule has 0 aliphatic rings. The summed E-state index contributed by atoms with van der Waals surface area (Å²) < 4.78 is 12.9. The lowest BCUT2D eigenvalue weighted by molar-refractivity contribution is 0.242. The summed E-state index contributed by atoms with van der Waals surface area (Å²) in [5.74, 6) is 2.20. The van der Waals surface area contributed by atoms with Crippen LogP contribution in [-0.4, -0.2) is 21.1 Å². The molecule has 5 nitrogen and oxygen atoms in total. The van der Waals surface area contributed by atoms with Crippen molar-refractivity contribution in [2.24, 2.45) is 0 Å². The van der Waals surface area contributed by atoms with Crippen molar-refractivity contribution in [2.75, 3.05) is 0 Å². The Balaban J connectivity index is 1.69. The van der Waals surface area contributed by atoms with Gasteiger partial charge in [-0.3, -0.25) is 0 Å². The van der Waals surface area contributed by atoms with Gasteiger partial charge in [-0.1, -0.05) is 30.3 Å². The van der Waals surface area contributed by atoms with Crippen molar-refractivity contribution < 1.29 is 9.47 Å². The summed E-state index contributed by atoms with van der Waals surface area (Å²) >= 11 is 3.44. The Hall–Kier alpha value is -2.86. The van der Waals surface area contributed by atoms with Gasteiger partial charge in [-0.05, 0) is 59.6 Å². The fourth-order valence-corrected chi connectivity index (χ4v) is 3.20. The SMILES string of the molecule is CC(C)Oc1ccc(OCc2ccccc2)cc1-c1nc2cc(Br)cnc2[nH]1. The number of hydrogen-bond acceptors (Lipinski definition) is 4. The highest BCUT2D eigenvalue weighted by Crippen LogP contribution is 2.34. The lowest BCUT2D eigenvalue weighted by Crippen LogP contribution is -2.07. The standard InChI is InChI=1S/C22H20BrN3O2/c1-14(2)28-20-9-8-17(27-13-15-6-4-3-5-7-15)11-18(20)21-25-19-10-16(23)12-24-22(19)26-21/h3-12,14H,13H2,1-2H3,(H,24,25,26). The highest BCUT2D eigenvalue weighted by molar-refractivity contribution is 9.10. The van der Waals surface area contributed by atoms with Crippen molar-refractivity contribution in [3.05, 3.63) is 70.8 Å². The van der Waals surface area contributed by atoms with Gasteiger partial charge in [0.1, 0.15) is 29.4 Å². The second-order valence-corrected chi connectivity index (χ2v) is 7.62. The molecule has 0 aliphatic heterocycles. The van der Waals surface area contributed by atoms with Crippen molar-refractivity contribution in [1.29, 1.82) is 0 Å². The summed E-state index contributed by atoms with van der Waals surface area (Å²) in [4.78, 5) is 12.3. The molecule has 4 rings (SSSR count). The van der Waals surface area contributed by atoms with Crippen molar-refractivity contribution in [3.8, 4) is 22.9 Å². The molecule has 2 aromatic carbocycles. The van der Waals surface area contributed by atoms with Gasteiger partial charge in [0.15, 0.2) is 5.65 Å². The van der Waals surface area contributed by atoms with Crippen LogP contribution in [0.5, 0.6) is 11.5 Å². The monoisotopic (exact) mass is 437 g/mol. The highest BCUT2D eigenvalue weighted by Gasteiger charge is 2.15. The summed E-state index contributed by atoms with van der Waals surface area (Å²) in [5.41, 5.74) is 3.47. The first-order valence-electron chi connectivity index (χ1n) is 9.07. The minimum atomic E-state index is 0.0477. The normalized spacial score (nSPS) is 11.1. The minimum Gasteiger partial charge on any atom is -0.490 e. The molecular formula is C22H20BrN3O2. The van der Waals surface area contributed by atoms with Crippen LogP contribution in [0.4, 0.5) is 0 Å². The maximum absolute atomic E-state index is 5.99. The number of H-pyrrole nitrogens is 1. The second-order valence-electron chi connectivity index (χ2n) is 6.71. The lowest BCUT2D eigenvalue weighted by Gasteiger charge is -2.15. The van der Waals surface area contributed by atoms with Crippen LogP contribution in [0.1, 0.15) is 19.4 Å². The van der Waals surface area contributed by atoms with Gasteiger partial charge in [0.25, 0.3) is 0 Å². The number of hydrogen-bond donors (Lipinski definition) is 1. The Labute approximate surface area is 171 Å². The molecule has 0 atom stereocenters. The van der Waals surface area contributed by atoms with Gasteiger partial charge in [-0.25, -0.2) is 9.97 Å². The number of rotatable bonds is 6. The van der Waals surface area contributed by atoms with Crippen LogP contribution >= 0.6 is 15.9 Å². The average Bonchev–Trinajstić information content (AvgIpc) is 3.10. The molecule has 0 saturated carbocycles. The number of pyridine rings is 1. The van der Waals surface area contributed by atoms with Crippen LogP contribution in [0.25, 0.3) is 22.6 Å². The fourth-order valence-electron chi connectivity index (χ4n) is 2.88. The van der Waals surface area contributed by atoms with Crippen molar-refractivity contribution >= 4 is 27.1 Å². The van der Waals surface area contributed by atoms with Crippen LogP contribution in [-0.2, 0) is 6.61 Å². The van der Waals surface area contributed by atoms with Crippen molar-refractivity contribution in [2.45, 2.75) is 26.6 Å². The molecular weight excluding hydrogens is 418 g/mol. The number of halogens is 1. The van der Waals surface area contributed by atoms with E-state index < -0.39 is 0 Å². The van der Waals surface area contributed by atoms with Crippen LogP contribution in [0.15, 0.2) is 65.3 Å². The van der Waals surface area contributed by atoms with Crippen LogP contribution < -0.4 is 9.47 Å². The molecule has 4 aromatic rings. The molecule has 0 bridgehead atoms. The molecule has 2 aromatic heterocycles. The third-order valence-electron chi connectivity index (χ3n) is 4.12. The number of nitrogens with zero attached hydrogens (tertiary/aromatic N) is 2. The summed E-state index contributed by atoms with van der Waals surface area (Å²) in [6.07, 6.45) is 1.79. The molecule has 1 N–H and O–H groups in total. The van der Waals surface area contributed by atoms with Crippen molar-refractivity contribution in [1.82, 2.24) is 15.0 Å². The zero-order chi connectivity index (χ0) is 19.5. The van der Waals surface area contributed by atoms with E-state index in [0.717, 1.165) is 38.3 Å². The molecule has 2 heterocycles. The van der Waals surface area contributed by atoms with Crippen LogP contribution in [0.3, 0.4) is 0 Å². The Bertz CT molecular complexity index is 1090. The van der Waals surface area contributed by atoms with Gasteiger partial charge in [-0.2, -0.15) is 0 Å². The summed E-state index contributed by atoms with van der Waals surface area (Å²) in [6, 6.07) is 17.8. The van der Waals surface area contributed by atoms with E-state index in [0.29, 0.717) is 12.4 Å². The molecule has 0 amide bonds. The number of aromatic amines is 1. The minimum absolute atomic E-state index is 0.0477. The van der Waals surface area contributed by atoms with Crippen molar-refractivity contribution in [3.63, 3.8) is 0 Å². The first kappa shape index (κ1) is 18.5. The van der Waals surface area contributed by atoms with Gasteiger partial charge < -0.3 is 14.5 Å². The summed E-state index contributed by atoms with van der Waals surface area (Å²) in [5, 5.41) is 0. The zero-order valence-electron chi connectivity index (χ0n) is 15.6. The van der Waals surface area contributed by atoms with E-state index in [1.807, 2.05) is 68.4 Å². The first-order valence-corrected chi connectivity index (χ1v) is 9.87. The Morgan fingerprint density at radius 1 is 1.07 bits per heavy atom. The number of benzene rings is 2. The third-order valence-corrected chi connectivity index (χ3v) is 4.55. The van der Waals surface area contributed by atoms with Gasteiger partial charge in [0.05, 0.1) is 11.7 Å². The maximum atomic E-state index is 5.99. The molecule has 0 radical (unpaired) electrons. The number of fused-ring (bicyclic) bond motifs is 1. The molecule has 0 spiro atoms. The molecule has 0 unspecified atom stereocenters. The molecule has 0 aliphatic carbocycles. The quantitative estimate of drug-likeness (QED) is 0.416. The van der Waals surface area contributed by atoms with Gasteiger partial charge in [0.2, 0.25) is 0 Å². The molecule has 28 heavy (non-hydrogen) atoms. The lowest BCUT2D eigenvalue weighted by atomic mass is 10.1. The number of ether oxygens (including phenoxy) is 2. The smallest absolute Gasteiger partial charge is 0.157 e. The second kappa shape index (κ2) is 8.02. The highest BCUT2D eigenvalue weighted by atomic mass is 79.9. The zero-order valence-corrected chi connectivity index (χ0v) is 17.2. The third kappa shape index (κ3) is 4.17. The molecule has 142 valence electrons. The fraction of sp³-hybridized carbons (Fsp3) is 0.182. The Morgan fingerprint density at radius 3 is 2.68 bits per heavy atom. The predicted octanol–water partition coefficient (Wildman–Crippen LogP) is 5.75.